The Balaban J connectivity index is 0.000000568. The summed E-state index contributed by atoms with van der Waals surface area (Å²) in [5.41, 5.74) is 1.85. The summed E-state index contributed by atoms with van der Waals surface area (Å²) in [4.78, 5) is 23.6. The molecule has 5 heteroatoms. The first-order valence-corrected chi connectivity index (χ1v) is 10.5. The molecule has 2 fully saturated rings. The van der Waals surface area contributed by atoms with Gasteiger partial charge in [-0.15, -0.1) is 0 Å². The third-order valence-electron chi connectivity index (χ3n) is 4.90. The fourth-order valence-electron chi connectivity index (χ4n) is 3.56. The summed E-state index contributed by atoms with van der Waals surface area (Å²) in [6.07, 6.45) is 15.3. The molecule has 0 spiro atoms. The fourth-order valence-corrected chi connectivity index (χ4v) is 3.56. The molecule has 0 aliphatic heterocycles. The molecule has 33 heavy (non-hydrogen) atoms. The van der Waals surface area contributed by atoms with Gasteiger partial charge in [0.15, 0.2) is 0 Å². The molecule has 168 valence electrons. The molecule has 2 aromatic rings. The number of benzene rings is 2. The number of amides is 1. The first kappa shape index (κ1) is 27.1. The van der Waals surface area contributed by atoms with Crippen molar-refractivity contribution in [3.8, 4) is 0 Å². The molecule has 2 atom stereocenters. The van der Waals surface area contributed by atoms with Crippen LogP contribution in [-0.2, 0) is 31.4 Å². The molecular weight excluding hydrogens is 454 g/mol. The number of rotatable bonds is 6. The fraction of sp³-hybridized carbons (Fsp3) is 0.143. The van der Waals surface area contributed by atoms with E-state index in [9.17, 15) is 9.59 Å². The van der Waals surface area contributed by atoms with E-state index in [1.54, 1.807) is 0 Å². The summed E-state index contributed by atoms with van der Waals surface area (Å²) in [5, 5.41) is 3.02. The summed E-state index contributed by atoms with van der Waals surface area (Å²) >= 11 is 0. The Kier molecular flexibility index (Phi) is 11.7. The Morgan fingerprint density at radius 3 is 1.67 bits per heavy atom. The molecule has 2 aliphatic carbocycles. The standard InChI is InChI=1S/C23H22NO3.C5H5.Fe/c1-16(25)24-22(18-10-5-3-6-11-18)20-14-9-15-21(20)23(27-17(2)26)19-12-7-4-8-13-19;1-2-4-5-3-1;/h3-15,22-23H,1-2H3,(H,24,25);1-5H;/q;;+2/t22-,23-;;/m0../s1. The first-order chi connectivity index (χ1) is 15.6. The Hall–Kier alpha value is -2.10. The molecule has 2 saturated carbocycles. The van der Waals surface area contributed by atoms with E-state index in [1.165, 1.54) is 13.8 Å². The number of ether oxygens (including phenoxy) is 1. The van der Waals surface area contributed by atoms with Crippen molar-refractivity contribution in [2.75, 3.05) is 0 Å². The van der Waals surface area contributed by atoms with Gasteiger partial charge in [0, 0.05) is 25.7 Å². The van der Waals surface area contributed by atoms with Crippen molar-refractivity contribution in [3.05, 3.63) is 135 Å². The van der Waals surface area contributed by atoms with Gasteiger partial charge in [-0.3, -0.25) is 9.59 Å². The van der Waals surface area contributed by atoms with E-state index in [-0.39, 0.29) is 35.0 Å². The van der Waals surface area contributed by atoms with Gasteiger partial charge in [-0.1, -0.05) is 60.7 Å². The van der Waals surface area contributed by atoms with Crippen LogP contribution >= 0.6 is 0 Å². The SMILES string of the molecule is CC(=O)N[C@H]([C]1[CH][CH][CH][C]1[C@@H](OC(C)=O)c1ccccc1)c1ccccc1.[CH]1[CH][CH][CH][CH]1.[Fe+2]. The summed E-state index contributed by atoms with van der Waals surface area (Å²) in [6.45, 7) is 2.90. The number of hydrogen-bond acceptors (Lipinski definition) is 3. The molecule has 4 rings (SSSR count). The number of carbonyl (C=O) groups excluding carboxylic acids is 2. The van der Waals surface area contributed by atoms with Crippen LogP contribution in [0.3, 0.4) is 0 Å². The smallest absolute Gasteiger partial charge is 0.457 e. The molecule has 1 amide bonds. The maximum Gasteiger partial charge on any atom is 2.00 e. The molecule has 4 nitrogen and oxygen atoms in total. The van der Waals surface area contributed by atoms with Gasteiger partial charge < -0.3 is 10.1 Å². The summed E-state index contributed by atoms with van der Waals surface area (Å²) < 4.78 is 5.66. The van der Waals surface area contributed by atoms with E-state index in [1.807, 2.05) is 112 Å². The first-order valence-electron chi connectivity index (χ1n) is 10.5. The van der Waals surface area contributed by atoms with Crippen LogP contribution in [0.25, 0.3) is 0 Å². The molecule has 0 saturated heterocycles. The Morgan fingerprint density at radius 1 is 0.697 bits per heavy atom. The predicted octanol–water partition coefficient (Wildman–Crippen LogP) is 4.96. The average Bonchev–Trinajstić information content (AvgIpc) is 3.52. The quantitative estimate of drug-likeness (QED) is 0.469. The van der Waals surface area contributed by atoms with E-state index >= 15 is 0 Å². The number of nitrogens with one attached hydrogen (secondary N) is 1. The average molecular weight is 481 g/mol. The Bertz CT molecular complexity index is 766. The number of carbonyl (C=O) groups is 2. The van der Waals surface area contributed by atoms with Gasteiger partial charge in [0.1, 0.15) is 6.10 Å². The normalized spacial score (nSPS) is 17.8. The van der Waals surface area contributed by atoms with E-state index in [0.717, 1.165) is 23.0 Å². The number of esters is 1. The van der Waals surface area contributed by atoms with Gasteiger partial charge in [0.25, 0.3) is 0 Å². The van der Waals surface area contributed by atoms with Gasteiger partial charge in [0.05, 0.1) is 6.04 Å². The predicted molar refractivity (Wildman–Crippen MR) is 125 cm³/mol. The molecule has 2 aromatic carbocycles. The maximum absolute atomic E-state index is 11.9. The molecule has 10 radical (unpaired) electrons. The van der Waals surface area contributed by atoms with Crippen molar-refractivity contribution in [2.24, 2.45) is 0 Å². The summed E-state index contributed by atoms with van der Waals surface area (Å²) in [7, 11) is 0. The molecular formula is C28H27FeNO3+2. The molecule has 1 N–H and O–H groups in total. The van der Waals surface area contributed by atoms with Crippen molar-refractivity contribution >= 4 is 11.9 Å². The zero-order chi connectivity index (χ0) is 22.8. The third kappa shape index (κ3) is 8.32. The minimum atomic E-state index is -0.534. The van der Waals surface area contributed by atoms with Crippen LogP contribution in [0.15, 0.2) is 60.7 Å². The minimum absolute atomic E-state index is 0. The third-order valence-corrected chi connectivity index (χ3v) is 4.90. The topological polar surface area (TPSA) is 55.4 Å². The van der Waals surface area contributed by atoms with E-state index in [4.69, 9.17) is 4.74 Å². The molecule has 2 aliphatic rings. The second kappa shape index (κ2) is 14.2. The van der Waals surface area contributed by atoms with Crippen molar-refractivity contribution < 1.29 is 31.4 Å². The van der Waals surface area contributed by atoms with Crippen molar-refractivity contribution in [1.29, 1.82) is 0 Å². The van der Waals surface area contributed by atoms with Crippen LogP contribution in [-0.4, -0.2) is 11.9 Å². The van der Waals surface area contributed by atoms with Crippen molar-refractivity contribution in [1.82, 2.24) is 5.32 Å². The van der Waals surface area contributed by atoms with Crippen LogP contribution in [0.4, 0.5) is 0 Å². The van der Waals surface area contributed by atoms with Gasteiger partial charge in [0.2, 0.25) is 5.91 Å². The molecule has 0 unspecified atom stereocenters. The molecule has 0 aromatic heterocycles. The number of hydrogen-bond donors (Lipinski definition) is 1. The Labute approximate surface area is 209 Å². The zero-order valence-corrected chi connectivity index (χ0v) is 19.7. The molecule has 0 bridgehead atoms. The monoisotopic (exact) mass is 481 g/mol. The van der Waals surface area contributed by atoms with Crippen LogP contribution in [0, 0.1) is 63.2 Å². The summed E-state index contributed by atoms with van der Waals surface area (Å²) in [6, 6.07) is 19.0. The summed E-state index contributed by atoms with van der Waals surface area (Å²) in [5.74, 6) is 1.29. The largest absolute Gasteiger partial charge is 2.00 e. The maximum atomic E-state index is 11.9. The minimum Gasteiger partial charge on any atom is -0.457 e. The second-order valence-corrected chi connectivity index (χ2v) is 7.34. The van der Waals surface area contributed by atoms with Crippen LogP contribution < -0.4 is 5.32 Å². The van der Waals surface area contributed by atoms with Crippen LogP contribution in [0.5, 0.6) is 0 Å². The zero-order valence-electron chi connectivity index (χ0n) is 18.6. The van der Waals surface area contributed by atoms with Crippen molar-refractivity contribution in [3.63, 3.8) is 0 Å². The van der Waals surface area contributed by atoms with Gasteiger partial charge >= 0.3 is 23.0 Å². The van der Waals surface area contributed by atoms with E-state index < -0.39 is 6.10 Å². The van der Waals surface area contributed by atoms with Gasteiger partial charge in [-0.25, -0.2) is 0 Å². The second-order valence-electron chi connectivity index (χ2n) is 7.34. The van der Waals surface area contributed by atoms with E-state index in [0.29, 0.717) is 0 Å². The van der Waals surface area contributed by atoms with E-state index in [2.05, 4.69) is 5.32 Å². The van der Waals surface area contributed by atoms with Crippen LogP contribution in [0.2, 0.25) is 0 Å². The molecule has 0 heterocycles. The van der Waals surface area contributed by atoms with Crippen LogP contribution in [0.1, 0.15) is 37.1 Å². The van der Waals surface area contributed by atoms with Gasteiger partial charge in [-0.05, 0) is 62.5 Å². The van der Waals surface area contributed by atoms with Crippen molar-refractivity contribution in [2.45, 2.75) is 26.0 Å². The Morgan fingerprint density at radius 2 is 1.18 bits per heavy atom. The van der Waals surface area contributed by atoms with Gasteiger partial charge in [-0.2, -0.15) is 0 Å².